The highest BCUT2D eigenvalue weighted by Crippen LogP contribution is 2.33. The van der Waals surface area contributed by atoms with E-state index in [0.29, 0.717) is 0 Å². The molecule has 0 unspecified atom stereocenters. The Bertz CT molecular complexity index is 587. The first-order valence-electron chi connectivity index (χ1n) is 6.70. The molecular weight excluding hydrogens is 254 g/mol. The van der Waals surface area contributed by atoms with Gasteiger partial charge in [-0.2, -0.15) is 0 Å². The van der Waals surface area contributed by atoms with Crippen molar-refractivity contribution in [3.05, 3.63) is 70.2 Å². The predicted molar refractivity (Wildman–Crippen MR) is 80.9 cm³/mol. The molecule has 19 heavy (non-hydrogen) atoms. The summed E-state index contributed by atoms with van der Waals surface area (Å²) in [5.41, 5.74) is 4.31. The maximum atomic E-state index is 6.09. The summed E-state index contributed by atoms with van der Waals surface area (Å²) in [6.07, 6.45) is 1.05. The number of hydrogen-bond acceptors (Lipinski definition) is 1. The monoisotopic (exact) mass is 271 g/mol. The van der Waals surface area contributed by atoms with Crippen LogP contribution in [0.3, 0.4) is 0 Å². The topological polar surface area (TPSA) is 12.0 Å². The van der Waals surface area contributed by atoms with Gasteiger partial charge in [0.2, 0.25) is 0 Å². The lowest BCUT2D eigenvalue weighted by Crippen LogP contribution is -2.58. The minimum atomic E-state index is 0.233. The number of rotatable bonds is 3. The van der Waals surface area contributed by atoms with Crippen LogP contribution in [-0.2, 0) is 11.8 Å². The molecule has 0 aromatic heterocycles. The second-order valence-electron chi connectivity index (χ2n) is 5.56. The Kier molecular flexibility index (Phi) is 3.34. The molecule has 1 heterocycles. The Morgan fingerprint density at radius 1 is 1.11 bits per heavy atom. The SMILES string of the molecule is Cc1cccc(C2(Cc3cccc(Cl)c3)CNC2)c1. The van der Waals surface area contributed by atoms with Crippen LogP contribution in [0.2, 0.25) is 5.02 Å². The molecule has 0 saturated carbocycles. The van der Waals surface area contributed by atoms with E-state index in [0.717, 1.165) is 24.5 Å². The zero-order valence-corrected chi connectivity index (χ0v) is 11.9. The molecule has 3 rings (SSSR count). The first kappa shape index (κ1) is 12.7. The summed E-state index contributed by atoms with van der Waals surface area (Å²) in [4.78, 5) is 0. The average Bonchev–Trinajstić information content (AvgIpc) is 2.34. The van der Waals surface area contributed by atoms with Gasteiger partial charge in [0.25, 0.3) is 0 Å². The van der Waals surface area contributed by atoms with Gasteiger partial charge in [0, 0.05) is 23.5 Å². The largest absolute Gasteiger partial charge is 0.315 e. The molecule has 0 radical (unpaired) electrons. The van der Waals surface area contributed by atoms with Crippen LogP contribution < -0.4 is 5.32 Å². The van der Waals surface area contributed by atoms with Crippen LogP contribution in [0.1, 0.15) is 16.7 Å². The van der Waals surface area contributed by atoms with Gasteiger partial charge < -0.3 is 5.32 Å². The van der Waals surface area contributed by atoms with Crippen molar-refractivity contribution in [3.63, 3.8) is 0 Å². The Morgan fingerprint density at radius 3 is 2.53 bits per heavy atom. The highest BCUT2D eigenvalue weighted by Gasteiger charge is 2.38. The summed E-state index contributed by atoms with van der Waals surface area (Å²) < 4.78 is 0. The lowest BCUT2D eigenvalue weighted by atomic mass is 9.71. The van der Waals surface area contributed by atoms with Gasteiger partial charge in [-0.25, -0.2) is 0 Å². The maximum Gasteiger partial charge on any atom is 0.0408 e. The second-order valence-corrected chi connectivity index (χ2v) is 6.00. The van der Waals surface area contributed by atoms with Gasteiger partial charge in [0.15, 0.2) is 0 Å². The highest BCUT2D eigenvalue weighted by molar-refractivity contribution is 6.30. The molecule has 1 fully saturated rings. The molecule has 0 aliphatic carbocycles. The third-order valence-corrected chi connectivity index (χ3v) is 4.22. The van der Waals surface area contributed by atoms with E-state index in [1.54, 1.807) is 0 Å². The Morgan fingerprint density at radius 2 is 1.89 bits per heavy atom. The van der Waals surface area contributed by atoms with E-state index in [9.17, 15) is 0 Å². The molecule has 1 nitrogen and oxygen atoms in total. The Labute approximate surface area is 119 Å². The van der Waals surface area contributed by atoms with Gasteiger partial charge in [-0.15, -0.1) is 0 Å². The van der Waals surface area contributed by atoms with Crippen molar-refractivity contribution >= 4 is 11.6 Å². The van der Waals surface area contributed by atoms with E-state index in [1.165, 1.54) is 16.7 Å². The van der Waals surface area contributed by atoms with Gasteiger partial charge in [-0.3, -0.25) is 0 Å². The summed E-state index contributed by atoms with van der Waals surface area (Å²) in [5.74, 6) is 0. The van der Waals surface area contributed by atoms with Crippen LogP contribution >= 0.6 is 11.6 Å². The summed E-state index contributed by atoms with van der Waals surface area (Å²) in [5, 5.41) is 4.25. The fraction of sp³-hybridized carbons (Fsp3) is 0.294. The molecule has 2 aromatic rings. The molecule has 0 spiro atoms. The van der Waals surface area contributed by atoms with Crippen LogP contribution in [0.4, 0.5) is 0 Å². The number of aryl methyl sites for hydroxylation is 1. The van der Waals surface area contributed by atoms with Gasteiger partial charge in [0.1, 0.15) is 0 Å². The maximum absolute atomic E-state index is 6.09. The molecule has 2 aromatic carbocycles. The van der Waals surface area contributed by atoms with E-state index in [1.807, 2.05) is 12.1 Å². The van der Waals surface area contributed by atoms with E-state index in [-0.39, 0.29) is 5.41 Å². The Balaban J connectivity index is 1.91. The van der Waals surface area contributed by atoms with E-state index < -0.39 is 0 Å². The standard InChI is InChI=1S/C17H18ClN/c1-13-4-2-6-15(8-13)17(11-19-12-17)10-14-5-3-7-16(18)9-14/h2-9,19H,10-12H2,1H3. The number of nitrogens with one attached hydrogen (secondary N) is 1. The van der Waals surface area contributed by atoms with Crippen molar-refractivity contribution in [1.82, 2.24) is 5.32 Å². The fourth-order valence-electron chi connectivity index (χ4n) is 2.87. The molecule has 1 aliphatic heterocycles. The van der Waals surface area contributed by atoms with Crippen molar-refractivity contribution in [1.29, 1.82) is 0 Å². The summed E-state index contributed by atoms with van der Waals surface area (Å²) in [7, 11) is 0. The van der Waals surface area contributed by atoms with Crippen molar-refractivity contribution in [3.8, 4) is 0 Å². The zero-order chi connectivity index (χ0) is 13.3. The smallest absolute Gasteiger partial charge is 0.0408 e. The molecule has 0 bridgehead atoms. The van der Waals surface area contributed by atoms with E-state index >= 15 is 0 Å². The lowest BCUT2D eigenvalue weighted by Gasteiger charge is -2.43. The van der Waals surface area contributed by atoms with Crippen LogP contribution in [0.5, 0.6) is 0 Å². The van der Waals surface area contributed by atoms with Crippen molar-refractivity contribution in [2.24, 2.45) is 0 Å². The molecule has 1 saturated heterocycles. The quantitative estimate of drug-likeness (QED) is 0.897. The van der Waals surface area contributed by atoms with Gasteiger partial charge in [-0.1, -0.05) is 53.6 Å². The normalized spacial score (nSPS) is 16.9. The molecule has 1 aliphatic rings. The third-order valence-electron chi connectivity index (χ3n) is 3.99. The molecule has 0 atom stereocenters. The summed E-state index contributed by atoms with van der Waals surface area (Å²) in [6, 6.07) is 17.1. The second kappa shape index (κ2) is 4.99. The van der Waals surface area contributed by atoms with Crippen molar-refractivity contribution in [2.45, 2.75) is 18.8 Å². The summed E-state index contributed by atoms with van der Waals surface area (Å²) in [6.45, 7) is 4.24. The van der Waals surface area contributed by atoms with Crippen LogP contribution in [-0.4, -0.2) is 13.1 Å². The molecule has 0 amide bonds. The average molecular weight is 272 g/mol. The molecule has 1 N–H and O–H groups in total. The number of halogens is 1. The van der Waals surface area contributed by atoms with E-state index in [2.05, 4.69) is 48.6 Å². The minimum absolute atomic E-state index is 0.233. The predicted octanol–water partition coefficient (Wildman–Crippen LogP) is 3.73. The molecule has 98 valence electrons. The third kappa shape index (κ3) is 2.54. The number of benzene rings is 2. The summed E-state index contributed by atoms with van der Waals surface area (Å²) >= 11 is 6.09. The van der Waals surface area contributed by atoms with Crippen LogP contribution in [0, 0.1) is 6.92 Å². The molecular formula is C17H18ClN. The fourth-order valence-corrected chi connectivity index (χ4v) is 3.08. The van der Waals surface area contributed by atoms with Crippen LogP contribution in [0.25, 0.3) is 0 Å². The highest BCUT2D eigenvalue weighted by atomic mass is 35.5. The number of hydrogen-bond donors (Lipinski definition) is 1. The Hall–Kier alpha value is -1.31. The van der Waals surface area contributed by atoms with Gasteiger partial charge >= 0.3 is 0 Å². The van der Waals surface area contributed by atoms with Crippen LogP contribution in [0.15, 0.2) is 48.5 Å². The molecule has 2 heteroatoms. The van der Waals surface area contributed by atoms with Crippen molar-refractivity contribution in [2.75, 3.05) is 13.1 Å². The first-order chi connectivity index (χ1) is 9.18. The van der Waals surface area contributed by atoms with Gasteiger partial charge in [0.05, 0.1) is 0 Å². The van der Waals surface area contributed by atoms with Crippen molar-refractivity contribution < 1.29 is 0 Å². The lowest BCUT2D eigenvalue weighted by molar-refractivity contribution is 0.274. The minimum Gasteiger partial charge on any atom is -0.315 e. The van der Waals surface area contributed by atoms with Gasteiger partial charge in [-0.05, 0) is 36.6 Å². The zero-order valence-electron chi connectivity index (χ0n) is 11.1. The first-order valence-corrected chi connectivity index (χ1v) is 7.08. The van der Waals surface area contributed by atoms with E-state index in [4.69, 9.17) is 11.6 Å².